The number of nitrogen functional groups attached to an aromatic ring is 1. The number of nitrogens with one attached hydrogen (secondary N) is 1. The van der Waals surface area contributed by atoms with Gasteiger partial charge >= 0.3 is 0 Å². The van der Waals surface area contributed by atoms with Crippen LogP contribution in [0.5, 0.6) is 0 Å². The van der Waals surface area contributed by atoms with Crippen LogP contribution in [-0.4, -0.2) is 67.8 Å². The van der Waals surface area contributed by atoms with E-state index < -0.39 is 18.2 Å². The van der Waals surface area contributed by atoms with Crippen molar-refractivity contribution in [1.29, 1.82) is 0 Å². The molecule has 3 N–H and O–H groups in total. The van der Waals surface area contributed by atoms with Crippen molar-refractivity contribution >= 4 is 25.1 Å². The van der Waals surface area contributed by atoms with Crippen molar-refractivity contribution < 1.29 is 28.2 Å². The molecule has 1 aromatic heterocycles. The van der Waals surface area contributed by atoms with Crippen LogP contribution in [0.1, 0.15) is 42.4 Å². The number of oxime groups is 1. The van der Waals surface area contributed by atoms with E-state index in [1.54, 1.807) is 13.2 Å². The van der Waals surface area contributed by atoms with Gasteiger partial charge < -0.3 is 34.8 Å². The van der Waals surface area contributed by atoms with Crippen LogP contribution < -0.4 is 16.5 Å². The van der Waals surface area contributed by atoms with Crippen LogP contribution in [-0.2, 0) is 30.2 Å². The Morgan fingerprint density at radius 3 is 2.80 bits per heavy atom. The number of aromatic nitrogens is 2. The molecule has 1 aromatic carbocycles. The lowest BCUT2D eigenvalue weighted by molar-refractivity contribution is -0.231. The van der Waals surface area contributed by atoms with Gasteiger partial charge in [0, 0.05) is 13.5 Å². The summed E-state index contributed by atoms with van der Waals surface area (Å²) in [7, 11) is 3.43. The Bertz CT molecular complexity index is 1170. The lowest BCUT2D eigenvalue weighted by Crippen LogP contribution is -2.40. The second kappa shape index (κ2) is 9.01. The molecule has 3 aliphatic heterocycles. The third kappa shape index (κ3) is 4.58. The number of halogens is 1. The molecule has 0 saturated carbocycles. The topological polar surface area (TPSA) is 122 Å². The third-order valence-corrected chi connectivity index (χ3v) is 6.47. The Morgan fingerprint density at radius 2 is 2.06 bits per heavy atom. The van der Waals surface area contributed by atoms with Gasteiger partial charge in [-0.05, 0) is 38.5 Å². The molecule has 10 nitrogen and oxygen atoms in total. The lowest BCUT2D eigenvalue weighted by Gasteiger charge is -2.29. The van der Waals surface area contributed by atoms with Crippen LogP contribution in [0.25, 0.3) is 0 Å². The van der Waals surface area contributed by atoms with Gasteiger partial charge in [-0.15, -0.1) is 0 Å². The highest BCUT2D eigenvalue weighted by Crippen LogP contribution is 2.39. The number of fused-ring (bicyclic) bond motifs is 2. The standard InChI is InChI=1S/C23H29BFN5O5/c1-10-17-15(29-22(26)27-10)8-14(12-6-5-11(25)7-13(12)24)28-20(17)30-32-9-16-18-19(21(31-4)33-16)35-23(2,3)34-18/h5-7,14,16,18-19,21H,8-9,24H2,1-4H3,(H,28,30)(H2,26,27,29)/t14-,16-,18-,19-,21-/m1/s1. The van der Waals surface area contributed by atoms with Crippen LogP contribution in [0.3, 0.4) is 0 Å². The molecule has 0 unspecified atom stereocenters. The molecule has 35 heavy (non-hydrogen) atoms. The van der Waals surface area contributed by atoms with Gasteiger partial charge in [-0.25, -0.2) is 14.4 Å². The van der Waals surface area contributed by atoms with E-state index in [1.807, 2.05) is 28.6 Å². The van der Waals surface area contributed by atoms with E-state index in [9.17, 15) is 4.39 Å². The number of rotatable bonds is 5. The molecule has 2 fully saturated rings. The van der Waals surface area contributed by atoms with Crippen molar-refractivity contribution in [2.45, 2.75) is 63.6 Å². The molecule has 0 amide bonds. The molecular formula is C23H29BFN5O5. The monoisotopic (exact) mass is 485 g/mol. The van der Waals surface area contributed by atoms with Gasteiger partial charge in [0.05, 0.1) is 23.0 Å². The van der Waals surface area contributed by atoms with E-state index in [0.29, 0.717) is 18.0 Å². The molecular weight excluding hydrogens is 456 g/mol. The highest BCUT2D eigenvalue weighted by molar-refractivity contribution is 6.33. The molecule has 0 radical (unpaired) electrons. The fourth-order valence-corrected chi connectivity index (χ4v) is 5.02. The van der Waals surface area contributed by atoms with Gasteiger partial charge in [0.25, 0.3) is 0 Å². The van der Waals surface area contributed by atoms with Gasteiger partial charge in [-0.2, -0.15) is 0 Å². The van der Waals surface area contributed by atoms with E-state index in [0.717, 1.165) is 22.3 Å². The zero-order valence-corrected chi connectivity index (χ0v) is 20.4. The molecule has 2 aromatic rings. The molecule has 4 heterocycles. The summed E-state index contributed by atoms with van der Waals surface area (Å²) >= 11 is 0. The van der Waals surface area contributed by atoms with Crippen LogP contribution in [0.15, 0.2) is 23.4 Å². The number of benzene rings is 1. The molecule has 0 aliphatic carbocycles. The Labute approximate surface area is 203 Å². The summed E-state index contributed by atoms with van der Waals surface area (Å²) in [6, 6.07) is 4.51. The van der Waals surface area contributed by atoms with E-state index in [2.05, 4.69) is 20.4 Å². The second-order valence-corrected chi connectivity index (χ2v) is 9.47. The molecule has 2 saturated heterocycles. The number of nitrogens with zero attached hydrogens (tertiary/aromatic N) is 3. The van der Waals surface area contributed by atoms with Crippen molar-refractivity contribution in [1.82, 2.24) is 15.3 Å². The first-order valence-electron chi connectivity index (χ1n) is 11.5. The first-order valence-corrected chi connectivity index (χ1v) is 11.5. The maximum Gasteiger partial charge on any atom is 0.220 e. The normalized spacial score (nSPS) is 30.1. The fourth-order valence-electron chi connectivity index (χ4n) is 5.02. The maximum absolute atomic E-state index is 13.7. The van der Waals surface area contributed by atoms with Crippen LogP contribution >= 0.6 is 0 Å². The Kier molecular flexibility index (Phi) is 6.16. The Hall–Kier alpha value is -2.80. The van der Waals surface area contributed by atoms with Crippen molar-refractivity contribution in [2.24, 2.45) is 5.16 Å². The number of hydrogen-bond acceptors (Lipinski definition) is 9. The summed E-state index contributed by atoms with van der Waals surface area (Å²) in [5.41, 5.74) is 9.84. The number of aryl methyl sites for hydroxylation is 1. The number of nitrogens with two attached hydrogens (primary N) is 1. The summed E-state index contributed by atoms with van der Waals surface area (Å²) in [6.45, 7) is 5.67. The van der Waals surface area contributed by atoms with Crippen molar-refractivity contribution in [3.63, 3.8) is 0 Å². The van der Waals surface area contributed by atoms with Crippen LogP contribution in [0.2, 0.25) is 0 Å². The molecule has 12 heteroatoms. The largest absolute Gasteiger partial charge is 0.391 e. The summed E-state index contributed by atoms with van der Waals surface area (Å²) in [5.74, 6) is -0.361. The van der Waals surface area contributed by atoms with Gasteiger partial charge in [0.15, 0.2) is 17.9 Å². The molecule has 0 bridgehead atoms. The van der Waals surface area contributed by atoms with Crippen LogP contribution in [0.4, 0.5) is 10.3 Å². The number of hydrogen-bond donors (Lipinski definition) is 2. The zero-order chi connectivity index (χ0) is 24.9. The minimum absolute atomic E-state index is 0.121. The number of ether oxygens (including phenoxy) is 4. The minimum atomic E-state index is -0.738. The molecule has 5 atom stereocenters. The minimum Gasteiger partial charge on any atom is -0.391 e. The highest BCUT2D eigenvalue weighted by Gasteiger charge is 2.55. The highest BCUT2D eigenvalue weighted by atomic mass is 19.1. The van der Waals surface area contributed by atoms with E-state index >= 15 is 0 Å². The molecule has 3 aliphatic rings. The summed E-state index contributed by atoms with van der Waals surface area (Å²) < 4.78 is 37.0. The predicted octanol–water partition coefficient (Wildman–Crippen LogP) is 0.221. The van der Waals surface area contributed by atoms with Gasteiger partial charge in [-0.1, -0.05) is 16.7 Å². The summed E-state index contributed by atoms with van der Waals surface area (Å²) in [4.78, 5) is 14.5. The maximum atomic E-state index is 13.7. The van der Waals surface area contributed by atoms with Gasteiger partial charge in [0.1, 0.15) is 38.6 Å². The van der Waals surface area contributed by atoms with Crippen molar-refractivity contribution in [3.8, 4) is 0 Å². The average molecular weight is 485 g/mol. The third-order valence-electron chi connectivity index (χ3n) is 6.47. The van der Waals surface area contributed by atoms with Crippen LogP contribution in [0, 0.1) is 12.7 Å². The molecule has 186 valence electrons. The van der Waals surface area contributed by atoms with Crippen molar-refractivity contribution in [2.75, 3.05) is 19.5 Å². The van der Waals surface area contributed by atoms with E-state index in [1.165, 1.54) is 12.1 Å². The molecule has 5 rings (SSSR count). The lowest BCUT2D eigenvalue weighted by atomic mass is 9.84. The number of methoxy groups -OCH3 is 1. The number of anilines is 1. The average Bonchev–Trinajstić information content (AvgIpc) is 3.25. The van der Waals surface area contributed by atoms with E-state index in [-0.39, 0.29) is 36.6 Å². The smallest absolute Gasteiger partial charge is 0.220 e. The zero-order valence-electron chi connectivity index (χ0n) is 20.4. The summed E-state index contributed by atoms with van der Waals surface area (Å²) in [5, 5.41) is 7.81. The van der Waals surface area contributed by atoms with Gasteiger partial charge in [-0.3, -0.25) is 0 Å². The Balaban J connectivity index is 1.39. The summed E-state index contributed by atoms with van der Waals surface area (Å²) in [6.07, 6.45) is -1.14. The quantitative estimate of drug-likeness (QED) is 0.453. The Morgan fingerprint density at radius 1 is 1.29 bits per heavy atom. The first kappa shape index (κ1) is 23.9. The first-order chi connectivity index (χ1) is 16.6. The SMILES string of the molecule is Bc1cc(F)ccc1[C@H]1Cc2nc(N)nc(C)c2/C(=N/OC[C@H]2O[C@@H](OC)[C@@H]3OC(C)(C)O[C@@H]32)N1. The number of amidine groups is 1. The fraction of sp³-hybridized carbons (Fsp3) is 0.522. The second-order valence-electron chi connectivity index (χ2n) is 9.47. The van der Waals surface area contributed by atoms with E-state index in [4.69, 9.17) is 29.5 Å². The molecule has 0 spiro atoms. The van der Waals surface area contributed by atoms with Crippen molar-refractivity contribution in [3.05, 3.63) is 46.5 Å². The predicted molar refractivity (Wildman–Crippen MR) is 127 cm³/mol. The van der Waals surface area contributed by atoms with Gasteiger partial charge in [0.2, 0.25) is 5.95 Å².